The number of hydrogen-bond acceptors (Lipinski definition) is 2. The van der Waals surface area contributed by atoms with Crippen LogP contribution in [0, 0.1) is 6.92 Å². The quantitative estimate of drug-likeness (QED) is 0.772. The van der Waals surface area contributed by atoms with Gasteiger partial charge in [-0.05, 0) is 6.92 Å². The van der Waals surface area contributed by atoms with Gasteiger partial charge in [0.05, 0.1) is 5.69 Å². The Balaban J connectivity index is 2.50. The molecule has 0 atom stereocenters. The predicted octanol–water partition coefficient (Wildman–Crippen LogP) is 1.48. The highest BCUT2D eigenvalue weighted by atomic mass is 16.1. The van der Waals surface area contributed by atoms with Crippen LogP contribution in [0.15, 0.2) is 30.3 Å². The number of nitrogens with two attached hydrogens (primary N) is 1. The number of imidazole rings is 1. The van der Waals surface area contributed by atoms with E-state index in [0.29, 0.717) is 0 Å². The summed E-state index contributed by atoms with van der Waals surface area (Å²) in [5.74, 6) is -0.341. The van der Waals surface area contributed by atoms with Crippen LogP contribution in [0.5, 0.6) is 0 Å². The molecule has 0 fully saturated rings. The molecule has 0 aliphatic heterocycles. The Bertz CT molecular complexity index is 488. The van der Waals surface area contributed by atoms with Crippen LogP contribution in [0.3, 0.4) is 0 Å². The number of aryl methyl sites for hydroxylation is 1. The van der Waals surface area contributed by atoms with Gasteiger partial charge < -0.3 is 10.7 Å². The van der Waals surface area contributed by atoms with E-state index in [2.05, 4.69) is 9.97 Å². The Labute approximate surface area is 87.1 Å². The van der Waals surface area contributed by atoms with Crippen molar-refractivity contribution in [3.05, 3.63) is 41.9 Å². The van der Waals surface area contributed by atoms with E-state index in [9.17, 15) is 4.79 Å². The number of nitrogens with one attached hydrogen (secondary N) is 1. The molecule has 0 aliphatic carbocycles. The summed E-state index contributed by atoms with van der Waals surface area (Å²) >= 11 is 0. The lowest BCUT2D eigenvalue weighted by molar-refractivity contribution is 0.0991. The van der Waals surface area contributed by atoms with Gasteiger partial charge in [-0.3, -0.25) is 4.79 Å². The molecule has 0 saturated carbocycles. The summed E-state index contributed by atoms with van der Waals surface area (Å²) in [4.78, 5) is 17.9. The normalized spacial score (nSPS) is 10.2. The Morgan fingerprint density at radius 2 is 2.00 bits per heavy atom. The summed E-state index contributed by atoms with van der Waals surface area (Å²) in [7, 11) is 0. The maximum Gasteiger partial charge on any atom is 0.284 e. The first kappa shape index (κ1) is 9.45. The number of carbonyl (C=O) groups excluding carboxylic acids is 1. The second-order valence-electron chi connectivity index (χ2n) is 3.29. The van der Waals surface area contributed by atoms with E-state index in [1.807, 2.05) is 37.3 Å². The lowest BCUT2D eigenvalue weighted by Gasteiger charge is -1.96. The molecule has 1 amide bonds. The van der Waals surface area contributed by atoms with Crippen molar-refractivity contribution in [3.8, 4) is 11.3 Å². The first-order chi connectivity index (χ1) is 7.18. The SMILES string of the molecule is Cc1[nH]c(C(N)=O)nc1-c1ccccc1. The number of carbonyl (C=O) groups is 1. The Morgan fingerprint density at radius 3 is 2.53 bits per heavy atom. The van der Waals surface area contributed by atoms with Crippen LogP contribution in [-0.2, 0) is 0 Å². The largest absolute Gasteiger partial charge is 0.363 e. The number of nitrogens with zero attached hydrogens (tertiary/aromatic N) is 1. The van der Waals surface area contributed by atoms with Crippen LogP contribution in [0.1, 0.15) is 16.3 Å². The van der Waals surface area contributed by atoms with Crippen molar-refractivity contribution >= 4 is 5.91 Å². The van der Waals surface area contributed by atoms with E-state index in [4.69, 9.17) is 5.73 Å². The second kappa shape index (κ2) is 3.57. The van der Waals surface area contributed by atoms with E-state index in [1.54, 1.807) is 0 Å². The third-order valence-electron chi connectivity index (χ3n) is 2.17. The molecule has 4 heteroatoms. The first-order valence-corrected chi connectivity index (χ1v) is 4.60. The molecule has 1 aromatic heterocycles. The van der Waals surface area contributed by atoms with Crippen molar-refractivity contribution in [1.29, 1.82) is 0 Å². The van der Waals surface area contributed by atoms with E-state index < -0.39 is 5.91 Å². The summed E-state index contributed by atoms with van der Waals surface area (Å²) in [5, 5.41) is 0. The molecular weight excluding hydrogens is 190 g/mol. The first-order valence-electron chi connectivity index (χ1n) is 4.60. The van der Waals surface area contributed by atoms with Crippen molar-refractivity contribution in [2.75, 3.05) is 0 Å². The maximum atomic E-state index is 10.9. The zero-order valence-corrected chi connectivity index (χ0v) is 8.32. The van der Waals surface area contributed by atoms with Crippen LogP contribution < -0.4 is 5.73 Å². The molecule has 1 aromatic carbocycles. The molecule has 0 saturated heterocycles. The van der Waals surface area contributed by atoms with Crippen molar-refractivity contribution in [2.24, 2.45) is 5.73 Å². The van der Waals surface area contributed by atoms with Gasteiger partial charge in [-0.15, -0.1) is 0 Å². The molecule has 0 radical (unpaired) electrons. The van der Waals surface area contributed by atoms with Gasteiger partial charge in [-0.25, -0.2) is 4.98 Å². The molecule has 2 rings (SSSR count). The molecule has 0 aliphatic rings. The van der Waals surface area contributed by atoms with Gasteiger partial charge in [-0.1, -0.05) is 30.3 Å². The maximum absolute atomic E-state index is 10.9. The van der Waals surface area contributed by atoms with Gasteiger partial charge in [0.25, 0.3) is 5.91 Å². The van der Waals surface area contributed by atoms with Crippen molar-refractivity contribution in [2.45, 2.75) is 6.92 Å². The molecule has 0 spiro atoms. The molecule has 15 heavy (non-hydrogen) atoms. The summed E-state index contributed by atoms with van der Waals surface area (Å²) in [6, 6.07) is 9.66. The third-order valence-corrected chi connectivity index (χ3v) is 2.17. The lowest BCUT2D eigenvalue weighted by Crippen LogP contribution is -2.12. The Hall–Kier alpha value is -2.10. The topological polar surface area (TPSA) is 71.8 Å². The summed E-state index contributed by atoms with van der Waals surface area (Å²) in [6.07, 6.45) is 0. The molecule has 0 bridgehead atoms. The minimum atomic E-state index is -0.541. The number of benzene rings is 1. The second-order valence-corrected chi connectivity index (χ2v) is 3.29. The molecule has 0 unspecified atom stereocenters. The fourth-order valence-corrected chi connectivity index (χ4v) is 1.45. The molecular formula is C11H11N3O. The van der Waals surface area contributed by atoms with Crippen LogP contribution >= 0.6 is 0 Å². The molecule has 76 valence electrons. The fourth-order valence-electron chi connectivity index (χ4n) is 1.45. The van der Waals surface area contributed by atoms with Gasteiger partial charge in [-0.2, -0.15) is 0 Å². The zero-order chi connectivity index (χ0) is 10.8. The van der Waals surface area contributed by atoms with Crippen LogP contribution in [0.4, 0.5) is 0 Å². The van der Waals surface area contributed by atoms with E-state index >= 15 is 0 Å². The minimum Gasteiger partial charge on any atom is -0.363 e. The van der Waals surface area contributed by atoms with Gasteiger partial charge in [0.2, 0.25) is 0 Å². The zero-order valence-electron chi connectivity index (χ0n) is 8.32. The van der Waals surface area contributed by atoms with Crippen LogP contribution in [0.25, 0.3) is 11.3 Å². The van der Waals surface area contributed by atoms with Gasteiger partial charge in [0.15, 0.2) is 5.82 Å². The average molecular weight is 201 g/mol. The number of primary amides is 1. The van der Waals surface area contributed by atoms with Crippen molar-refractivity contribution in [3.63, 3.8) is 0 Å². The average Bonchev–Trinajstić information content (AvgIpc) is 2.62. The molecule has 1 heterocycles. The van der Waals surface area contributed by atoms with E-state index in [0.717, 1.165) is 17.0 Å². The summed E-state index contributed by atoms with van der Waals surface area (Å²) in [5.41, 5.74) is 7.72. The number of H-pyrrole nitrogens is 1. The monoisotopic (exact) mass is 201 g/mol. The fraction of sp³-hybridized carbons (Fsp3) is 0.0909. The Kier molecular flexibility index (Phi) is 2.25. The molecule has 2 aromatic rings. The number of amides is 1. The van der Waals surface area contributed by atoms with Gasteiger partial charge >= 0.3 is 0 Å². The van der Waals surface area contributed by atoms with Crippen LogP contribution in [0.2, 0.25) is 0 Å². The minimum absolute atomic E-state index is 0.200. The standard InChI is InChI=1S/C11H11N3O/c1-7-9(8-5-3-2-4-6-8)14-11(13-7)10(12)15/h2-6H,1H3,(H2,12,15)(H,13,14). The number of aromatic amines is 1. The summed E-state index contributed by atoms with van der Waals surface area (Å²) < 4.78 is 0. The smallest absolute Gasteiger partial charge is 0.284 e. The number of rotatable bonds is 2. The highest BCUT2D eigenvalue weighted by molar-refractivity contribution is 5.90. The Morgan fingerprint density at radius 1 is 1.33 bits per heavy atom. The van der Waals surface area contributed by atoms with E-state index in [1.165, 1.54) is 0 Å². The highest BCUT2D eigenvalue weighted by Crippen LogP contribution is 2.20. The molecule has 4 nitrogen and oxygen atoms in total. The van der Waals surface area contributed by atoms with Gasteiger partial charge in [0.1, 0.15) is 0 Å². The lowest BCUT2D eigenvalue weighted by atomic mass is 10.1. The number of hydrogen-bond donors (Lipinski definition) is 2. The predicted molar refractivity (Wildman–Crippen MR) is 57.3 cm³/mol. The van der Waals surface area contributed by atoms with E-state index in [-0.39, 0.29) is 5.82 Å². The molecule has 3 N–H and O–H groups in total. The summed E-state index contributed by atoms with van der Waals surface area (Å²) in [6.45, 7) is 1.86. The van der Waals surface area contributed by atoms with Crippen molar-refractivity contribution in [1.82, 2.24) is 9.97 Å². The number of aromatic nitrogens is 2. The third kappa shape index (κ3) is 1.74. The van der Waals surface area contributed by atoms with Crippen LogP contribution in [-0.4, -0.2) is 15.9 Å². The van der Waals surface area contributed by atoms with Gasteiger partial charge in [0, 0.05) is 11.3 Å². The van der Waals surface area contributed by atoms with Crippen molar-refractivity contribution < 1.29 is 4.79 Å². The highest BCUT2D eigenvalue weighted by Gasteiger charge is 2.11.